The van der Waals surface area contributed by atoms with Gasteiger partial charge >= 0.3 is 17.9 Å². The fraction of sp³-hybridized carbons (Fsp3) is 0.812. The van der Waals surface area contributed by atoms with Crippen LogP contribution in [0.4, 0.5) is 0 Å². The molecule has 0 saturated carbocycles. The van der Waals surface area contributed by atoms with E-state index in [1.807, 2.05) is 0 Å². The maximum atomic E-state index is 11.3. The lowest BCUT2D eigenvalue weighted by molar-refractivity contribution is -0.157. The molecule has 0 radical (unpaired) electrons. The Labute approximate surface area is 167 Å². The molecule has 13 nitrogen and oxygen atoms in total. The first-order valence-corrected chi connectivity index (χ1v) is 9.19. The highest BCUT2D eigenvalue weighted by Crippen LogP contribution is 2.12. The van der Waals surface area contributed by atoms with E-state index in [0.29, 0.717) is 0 Å². The summed E-state index contributed by atoms with van der Waals surface area (Å²) in [5.41, 5.74) is 0. The van der Waals surface area contributed by atoms with E-state index >= 15 is 0 Å². The van der Waals surface area contributed by atoms with Crippen LogP contribution in [0.15, 0.2) is 0 Å². The summed E-state index contributed by atoms with van der Waals surface area (Å²) in [5, 5.41) is 59.3. The number of nitrogens with zero attached hydrogens (tertiary/aromatic N) is 4. The highest BCUT2D eigenvalue weighted by molar-refractivity contribution is 5.69. The van der Waals surface area contributed by atoms with Crippen LogP contribution in [0.1, 0.15) is 0 Å². The summed E-state index contributed by atoms with van der Waals surface area (Å²) in [4.78, 5) is 36.7. The van der Waals surface area contributed by atoms with Crippen LogP contribution in [0.25, 0.3) is 0 Å². The third kappa shape index (κ3) is 8.99. The molecule has 1 saturated heterocycles. The van der Waals surface area contributed by atoms with Crippen LogP contribution in [0.3, 0.4) is 0 Å². The molecule has 1 heterocycles. The Morgan fingerprint density at radius 2 is 1.14 bits per heavy atom. The van der Waals surface area contributed by atoms with Gasteiger partial charge in [0.05, 0.1) is 38.4 Å². The molecule has 1 aliphatic rings. The zero-order valence-electron chi connectivity index (χ0n) is 16.1. The predicted molar refractivity (Wildman–Crippen MR) is 98.0 cm³/mol. The molecule has 29 heavy (non-hydrogen) atoms. The minimum absolute atomic E-state index is 0.0990. The molecule has 13 heteroatoms. The molecular weight excluding hydrogens is 392 g/mol. The largest absolute Gasteiger partial charge is 0.480 e. The first kappa shape index (κ1) is 25.2. The lowest BCUT2D eigenvalue weighted by atomic mass is 10.1. The first-order valence-electron chi connectivity index (χ1n) is 9.19. The molecule has 6 N–H and O–H groups in total. The van der Waals surface area contributed by atoms with Gasteiger partial charge in [0.15, 0.2) is 0 Å². The smallest absolute Gasteiger partial charge is 0.319 e. The summed E-state index contributed by atoms with van der Waals surface area (Å²) in [6, 6.07) is -1.02. The molecular formula is C16H30N4O9. The van der Waals surface area contributed by atoms with Crippen LogP contribution in [0.2, 0.25) is 0 Å². The molecule has 0 aromatic heterocycles. The number of hydrogen-bond acceptors (Lipinski definition) is 10. The van der Waals surface area contributed by atoms with Gasteiger partial charge in [-0.25, -0.2) is 10.0 Å². The van der Waals surface area contributed by atoms with Gasteiger partial charge in [-0.15, -0.1) is 0 Å². The normalized spacial score (nSPS) is 20.8. The van der Waals surface area contributed by atoms with Crippen LogP contribution >= 0.6 is 0 Å². The fourth-order valence-electron chi connectivity index (χ4n) is 3.21. The van der Waals surface area contributed by atoms with Crippen molar-refractivity contribution >= 4 is 17.9 Å². The minimum atomic E-state index is -1.36. The van der Waals surface area contributed by atoms with Gasteiger partial charge in [0.1, 0.15) is 6.54 Å². The maximum Gasteiger partial charge on any atom is 0.319 e. The molecule has 0 aromatic carbocycles. The quantitative estimate of drug-likeness (QED) is 0.201. The number of rotatable bonds is 10. The number of hydrazine groups is 1. The van der Waals surface area contributed by atoms with E-state index in [1.54, 1.807) is 9.80 Å². The summed E-state index contributed by atoms with van der Waals surface area (Å²) < 4.78 is 0. The fourth-order valence-corrected chi connectivity index (χ4v) is 3.21. The number of carboxylic acid groups (broad SMARTS) is 3. The summed E-state index contributed by atoms with van der Waals surface area (Å²) in [7, 11) is 0. The molecule has 168 valence electrons. The second-order valence-corrected chi connectivity index (χ2v) is 6.78. The molecule has 0 spiro atoms. The molecule has 0 aromatic rings. The summed E-state index contributed by atoms with van der Waals surface area (Å²) in [5.74, 6) is -3.32. The van der Waals surface area contributed by atoms with Gasteiger partial charge in [0.25, 0.3) is 0 Å². The molecule has 1 fully saturated rings. The molecule has 1 rings (SSSR count). The van der Waals surface area contributed by atoms with Crippen LogP contribution in [-0.4, -0.2) is 153 Å². The van der Waals surface area contributed by atoms with Crippen LogP contribution in [0.5, 0.6) is 0 Å². The molecule has 0 aliphatic carbocycles. The number of aliphatic hydroxyl groups is 3. The van der Waals surface area contributed by atoms with E-state index in [9.17, 15) is 34.8 Å². The standard InChI is InChI=1S/C16H30N4O9/c21-10-12(13(23)11-22)20-6-4-18(8-15(26)27)2-1-17(7-14(24)25)3-5-19(20)9-16(28)29/h12-13,21-23H,1-11H2,(H,24,25)(H,26,27)(H,28,29). The Morgan fingerprint density at radius 1 is 0.690 bits per heavy atom. The maximum absolute atomic E-state index is 11.3. The van der Waals surface area contributed by atoms with Gasteiger partial charge in [-0.3, -0.25) is 24.2 Å². The number of hydrogen-bond donors (Lipinski definition) is 6. The van der Waals surface area contributed by atoms with Gasteiger partial charge in [-0.2, -0.15) is 0 Å². The van der Waals surface area contributed by atoms with Crippen LogP contribution in [0, 0.1) is 0 Å². The van der Waals surface area contributed by atoms with Crippen molar-refractivity contribution in [3.8, 4) is 0 Å². The lowest BCUT2D eigenvalue weighted by Gasteiger charge is -2.43. The number of carbonyl (C=O) groups is 3. The van der Waals surface area contributed by atoms with Crippen molar-refractivity contribution in [1.82, 2.24) is 19.8 Å². The van der Waals surface area contributed by atoms with Crippen molar-refractivity contribution in [2.75, 3.05) is 72.1 Å². The average Bonchev–Trinajstić information content (AvgIpc) is 2.63. The molecule has 2 unspecified atom stereocenters. The third-order valence-corrected chi connectivity index (χ3v) is 4.65. The van der Waals surface area contributed by atoms with Gasteiger partial charge in [-0.1, -0.05) is 0 Å². The van der Waals surface area contributed by atoms with Crippen molar-refractivity contribution in [3.05, 3.63) is 0 Å². The van der Waals surface area contributed by atoms with Crippen molar-refractivity contribution in [3.63, 3.8) is 0 Å². The van der Waals surface area contributed by atoms with E-state index in [0.717, 1.165) is 0 Å². The Kier molecular flexibility index (Phi) is 11.0. The van der Waals surface area contributed by atoms with E-state index in [1.165, 1.54) is 10.0 Å². The topological polar surface area (TPSA) is 186 Å². The van der Waals surface area contributed by atoms with Crippen LogP contribution < -0.4 is 0 Å². The van der Waals surface area contributed by atoms with Gasteiger partial charge < -0.3 is 30.6 Å². The Morgan fingerprint density at radius 3 is 1.55 bits per heavy atom. The lowest BCUT2D eigenvalue weighted by Crippen LogP contribution is -2.60. The van der Waals surface area contributed by atoms with Gasteiger partial charge in [0, 0.05) is 39.3 Å². The average molecular weight is 422 g/mol. The molecule has 0 bridgehead atoms. The Bertz CT molecular complexity index is 550. The van der Waals surface area contributed by atoms with Crippen LogP contribution in [-0.2, 0) is 14.4 Å². The summed E-state index contributed by atoms with van der Waals surface area (Å²) in [6.07, 6.45) is -1.36. The Hall–Kier alpha value is -1.87. The summed E-state index contributed by atoms with van der Waals surface area (Å²) >= 11 is 0. The predicted octanol–water partition coefficient (Wildman–Crippen LogP) is -3.91. The van der Waals surface area contributed by atoms with E-state index in [-0.39, 0.29) is 52.4 Å². The van der Waals surface area contributed by atoms with Crippen molar-refractivity contribution in [2.45, 2.75) is 12.1 Å². The zero-order valence-corrected chi connectivity index (χ0v) is 16.1. The molecule has 0 amide bonds. The van der Waals surface area contributed by atoms with Gasteiger partial charge in [-0.05, 0) is 0 Å². The minimum Gasteiger partial charge on any atom is -0.480 e. The van der Waals surface area contributed by atoms with Crippen molar-refractivity contribution in [1.29, 1.82) is 0 Å². The molecule has 1 aliphatic heterocycles. The van der Waals surface area contributed by atoms with E-state index < -0.39 is 49.8 Å². The number of aliphatic carboxylic acids is 3. The highest BCUT2D eigenvalue weighted by Gasteiger charge is 2.32. The SMILES string of the molecule is O=C(O)CN1CCN(CC(=O)O)CCN(C(CO)C(O)CO)N(CC(=O)O)CC1. The first-order chi connectivity index (χ1) is 13.7. The zero-order chi connectivity index (χ0) is 22.0. The van der Waals surface area contributed by atoms with Gasteiger partial charge in [0.2, 0.25) is 0 Å². The van der Waals surface area contributed by atoms with E-state index in [4.69, 9.17) is 10.2 Å². The number of carboxylic acids is 3. The van der Waals surface area contributed by atoms with Crippen molar-refractivity contribution < 1.29 is 45.0 Å². The van der Waals surface area contributed by atoms with E-state index in [2.05, 4.69) is 0 Å². The molecule has 2 atom stereocenters. The second-order valence-electron chi connectivity index (χ2n) is 6.78. The highest BCUT2D eigenvalue weighted by atomic mass is 16.4. The monoisotopic (exact) mass is 422 g/mol. The number of aliphatic hydroxyl groups excluding tert-OH is 3. The second kappa shape index (κ2) is 12.6. The van der Waals surface area contributed by atoms with Crippen molar-refractivity contribution in [2.24, 2.45) is 0 Å². The Balaban J connectivity index is 3.17. The third-order valence-electron chi connectivity index (χ3n) is 4.65. The summed E-state index contributed by atoms with van der Waals surface area (Å²) in [6.45, 7) is -1.22.